The summed E-state index contributed by atoms with van der Waals surface area (Å²) < 4.78 is 6.79. The molecule has 82 valence electrons. The lowest BCUT2D eigenvalue weighted by atomic mass is 10.5. The number of thioether (sulfide) groups is 1. The van der Waals surface area contributed by atoms with E-state index in [2.05, 4.69) is 4.98 Å². The molecule has 3 N–H and O–H groups in total. The van der Waals surface area contributed by atoms with Crippen LogP contribution in [0.25, 0.3) is 0 Å². The number of aromatic nitrogens is 2. The molecule has 2 atom stereocenters. The topological polar surface area (TPSA) is 90.4 Å². The fourth-order valence-corrected chi connectivity index (χ4v) is 2.26. The number of aliphatic hydroxyl groups excluding tert-OH is 1. The summed E-state index contributed by atoms with van der Waals surface area (Å²) in [5, 5.41) is 8.88. The molecule has 2 rings (SSSR count). The van der Waals surface area contributed by atoms with E-state index < -0.39 is 5.69 Å². The Morgan fingerprint density at radius 3 is 3.20 bits per heavy atom. The van der Waals surface area contributed by atoms with Crippen molar-refractivity contribution in [2.45, 2.75) is 11.7 Å². The van der Waals surface area contributed by atoms with Crippen LogP contribution >= 0.6 is 11.8 Å². The quantitative estimate of drug-likeness (QED) is 0.704. The van der Waals surface area contributed by atoms with Gasteiger partial charge in [0.15, 0.2) is 0 Å². The number of ether oxygens (including phenoxy) is 1. The van der Waals surface area contributed by atoms with Gasteiger partial charge >= 0.3 is 5.69 Å². The van der Waals surface area contributed by atoms with Gasteiger partial charge in [-0.05, 0) is 6.07 Å². The summed E-state index contributed by atoms with van der Waals surface area (Å²) in [6.07, 6.45) is 1.18. The summed E-state index contributed by atoms with van der Waals surface area (Å²) in [7, 11) is 0. The summed E-state index contributed by atoms with van der Waals surface area (Å²) in [6, 6.07) is 1.54. The molecule has 1 aromatic rings. The van der Waals surface area contributed by atoms with Gasteiger partial charge in [-0.2, -0.15) is 4.98 Å². The number of rotatable bonds is 2. The number of nitrogen functional groups attached to an aromatic ring is 1. The first kappa shape index (κ1) is 10.5. The van der Waals surface area contributed by atoms with Gasteiger partial charge in [-0.15, -0.1) is 11.8 Å². The Morgan fingerprint density at radius 1 is 1.80 bits per heavy atom. The number of anilines is 1. The van der Waals surface area contributed by atoms with E-state index in [4.69, 9.17) is 15.6 Å². The third kappa shape index (κ3) is 2.14. The number of hydrogen-bond acceptors (Lipinski definition) is 6. The molecule has 1 aliphatic heterocycles. The van der Waals surface area contributed by atoms with Gasteiger partial charge in [0.1, 0.15) is 17.5 Å². The molecule has 6 nitrogen and oxygen atoms in total. The van der Waals surface area contributed by atoms with E-state index in [1.165, 1.54) is 16.3 Å². The van der Waals surface area contributed by atoms with Crippen molar-refractivity contribution >= 4 is 17.6 Å². The van der Waals surface area contributed by atoms with E-state index in [-0.39, 0.29) is 24.1 Å². The summed E-state index contributed by atoms with van der Waals surface area (Å²) in [6.45, 7) is -0.0572. The van der Waals surface area contributed by atoms with Crippen LogP contribution in [0.4, 0.5) is 5.82 Å². The van der Waals surface area contributed by atoms with Crippen molar-refractivity contribution in [2.24, 2.45) is 0 Å². The van der Waals surface area contributed by atoms with E-state index in [9.17, 15) is 4.79 Å². The predicted octanol–water partition coefficient (Wildman–Crippen LogP) is -0.594. The lowest BCUT2D eigenvalue weighted by Gasteiger charge is -2.13. The minimum absolute atomic E-state index is 0.0572. The van der Waals surface area contributed by atoms with Crippen LogP contribution in [0.5, 0.6) is 0 Å². The summed E-state index contributed by atoms with van der Waals surface area (Å²) >= 11 is 1.47. The Kier molecular flexibility index (Phi) is 2.94. The van der Waals surface area contributed by atoms with Crippen LogP contribution in [0.2, 0.25) is 0 Å². The summed E-state index contributed by atoms with van der Waals surface area (Å²) in [5.41, 5.74) is 4.67. The van der Waals surface area contributed by atoms with E-state index >= 15 is 0 Å². The standard InChI is InChI=1S/C8H11N3O3S/c9-5-1-2-11(8(13)10-5)6-4-15-7(3-12)14-6/h1-2,6-7,12H,3-4H2,(H2,9,10,13)/t6?,7-/m0/s1. The molecule has 0 amide bonds. The summed E-state index contributed by atoms with van der Waals surface area (Å²) in [4.78, 5) is 15.0. The van der Waals surface area contributed by atoms with E-state index in [1.54, 1.807) is 12.3 Å². The van der Waals surface area contributed by atoms with Gasteiger partial charge in [-0.1, -0.05) is 0 Å². The van der Waals surface area contributed by atoms with Crippen LogP contribution in [-0.4, -0.2) is 32.5 Å². The Labute approximate surface area is 90.1 Å². The lowest BCUT2D eigenvalue weighted by Crippen LogP contribution is -2.28. The van der Waals surface area contributed by atoms with Crippen LogP contribution in [0.15, 0.2) is 17.1 Å². The normalized spacial score (nSPS) is 25.7. The predicted molar refractivity (Wildman–Crippen MR) is 56.4 cm³/mol. The molecule has 15 heavy (non-hydrogen) atoms. The van der Waals surface area contributed by atoms with E-state index in [0.717, 1.165) is 0 Å². The Morgan fingerprint density at radius 2 is 2.60 bits per heavy atom. The largest absolute Gasteiger partial charge is 0.393 e. The van der Waals surface area contributed by atoms with Gasteiger partial charge < -0.3 is 15.6 Å². The molecule has 0 spiro atoms. The Bertz CT molecular complexity index is 408. The SMILES string of the molecule is Nc1ccn(C2CS[C@@H](CO)O2)c(=O)n1. The van der Waals surface area contributed by atoms with Gasteiger partial charge in [-0.3, -0.25) is 4.57 Å². The Balaban J connectivity index is 2.20. The van der Waals surface area contributed by atoms with Gasteiger partial charge in [0.25, 0.3) is 0 Å². The number of hydrogen-bond donors (Lipinski definition) is 2. The van der Waals surface area contributed by atoms with Crippen molar-refractivity contribution in [3.05, 3.63) is 22.7 Å². The minimum atomic E-state index is -0.431. The second-order valence-electron chi connectivity index (χ2n) is 3.08. The van der Waals surface area contributed by atoms with Crippen molar-refractivity contribution in [2.75, 3.05) is 18.1 Å². The highest BCUT2D eigenvalue weighted by atomic mass is 32.2. The van der Waals surface area contributed by atoms with Gasteiger partial charge in [0.05, 0.1) is 6.61 Å². The number of aliphatic hydroxyl groups is 1. The molecule has 1 aromatic heterocycles. The fourth-order valence-electron chi connectivity index (χ4n) is 1.33. The van der Waals surface area contributed by atoms with Crippen LogP contribution in [0.3, 0.4) is 0 Å². The van der Waals surface area contributed by atoms with Crippen molar-refractivity contribution < 1.29 is 9.84 Å². The maximum absolute atomic E-state index is 11.4. The van der Waals surface area contributed by atoms with E-state index in [1.807, 2.05) is 0 Å². The third-order valence-corrected chi connectivity index (χ3v) is 3.15. The average Bonchev–Trinajstić information content (AvgIpc) is 2.66. The molecular formula is C8H11N3O3S. The van der Waals surface area contributed by atoms with Gasteiger partial charge in [0, 0.05) is 11.9 Å². The molecular weight excluding hydrogens is 218 g/mol. The van der Waals surface area contributed by atoms with Gasteiger partial charge in [-0.25, -0.2) is 4.79 Å². The minimum Gasteiger partial charge on any atom is -0.393 e. The first-order chi connectivity index (χ1) is 7.20. The molecule has 2 heterocycles. The molecule has 0 bridgehead atoms. The van der Waals surface area contributed by atoms with Crippen molar-refractivity contribution in [3.63, 3.8) is 0 Å². The summed E-state index contributed by atoms with van der Waals surface area (Å²) in [5.74, 6) is 0.817. The molecule has 1 saturated heterocycles. The zero-order valence-electron chi connectivity index (χ0n) is 7.87. The monoisotopic (exact) mass is 229 g/mol. The average molecular weight is 229 g/mol. The molecule has 0 aliphatic carbocycles. The molecule has 0 aromatic carbocycles. The molecule has 0 radical (unpaired) electrons. The number of nitrogens with two attached hydrogens (primary N) is 1. The van der Waals surface area contributed by atoms with Crippen LogP contribution < -0.4 is 11.4 Å². The second kappa shape index (κ2) is 4.21. The zero-order valence-corrected chi connectivity index (χ0v) is 8.68. The van der Waals surface area contributed by atoms with Crippen LogP contribution in [-0.2, 0) is 4.74 Å². The third-order valence-electron chi connectivity index (χ3n) is 2.04. The number of nitrogens with zero attached hydrogens (tertiary/aromatic N) is 2. The molecule has 1 fully saturated rings. The zero-order chi connectivity index (χ0) is 10.8. The first-order valence-electron chi connectivity index (χ1n) is 4.43. The highest BCUT2D eigenvalue weighted by molar-refractivity contribution is 8.00. The second-order valence-corrected chi connectivity index (χ2v) is 4.27. The van der Waals surface area contributed by atoms with E-state index in [0.29, 0.717) is 5.75 Å². The molecule has 7 heteroatoms. The van der Waals surface area contributed by atoms with Gasteiger partial charge in [0.2, 0.25) is 0 Å². The Hall–Kier alpha value is -1.05. The fraction of sp³-hybridized carbons (Fsp3) is 0.500. The highest BCUT2D eigenvalue weighted by Gasteiger charge is 2.27. The lowest BCUT2D eigenvalue weighted by molar-refractivity contribution is -0.00629. The van der Waals surface area contributed by atoms with Crippen LogP contribution in [0, 0.1) is 0 Å². The smallest absolute Gasteiger partial charge is 0.351 e. The van der Waals surface area contributed by atoms with Crippen molar-refractivity contribution in [3.8, 4) is 0 Å². The maximum atomic E-state index is 11.4. The first-order valence-corrected chi connectivity index (χ1v) is 5.48. The maximum Gasteiger partial charge on any atom is 0.351 e. The van der Waals surface area contributed by atoms with Crippen molar-refractivity contribution in [1.82, 2.24) is 9.55 Å². The molecule has 1 aliphatic rings. The molecule has 0 saturated carbocycles. The van der Waals surface area contributed by atoms with Crippen molar-refractivity contribution in [1.29, 1.82) is 0 Å². The highest BCUT2D eigenvalue weighted by Crippen LogP contribution is 2.30. The molecule has 1 unspecified atom stereocenters. The van der Waals surface area contributed by atoms with Crippen LogP contribution in [0.1, 0.15) is 6.23 Å².